The quantitative estimate of drug-likeness (QED) is 0.571. The van der Waals surface area contributed by atoms with E-state index in [0.29, 0.717) is 13.0 Å². The van der Waals surface area contributed by atoms with E-state index in [2.05, 4.69) is 26.8 Å². The summed E-state index contributed by atoms with van der Waals surface area (Å²) in [6.45, 7) is 6.94. The van der Waals surface area contributed by atoms with Gasteiger partial charge in [-0.05, 0) is 26.7 Å². The van der Waals surface area contributed by atoms with Gasteiger partial charge in [-0.1, -0.05) is 6.92 Å². The molecule has 0 saturated carbocycles. The Kier molecular flexibility index (Phi) is 4.89. The van der Waals surface area contributed by atoms with Crippen LogP contribution in [0.1, 0.15) is 40.0 Å². The molecule has 0 amide bonds. The highest BCUT2D eigenvalue weighted by atomic mass is 16.5. The first-order valence-corrected chi connectivity index (χ1v) is 4.13. The molecule has 0 aliphatic rings. The molecule has 0 atom stereocenters. The Hall–Kier alpha value is -0.550. The van der Waals surface area contributed by atoms with E-state index in [-0.39, 0.29) is 5.60 Å². The molecule has 2 heteroatoms. The number of nitrogens with zero attached hydrogens (tertiary/aromatic N) is 1. The van der Waals surface area contributed by atoms with Crippen LogP contribution < -0.4 is 0 Å². The maximum Gasteiger partial charge on any atom is 0.0623 e. The molecule has 0 aromatic carbocycles. The molecule has 0 rings (SSSR count). The molecule has 0 aliphatic heterocycles. The third-order valence-electron chi connectivity index (χ3n) is 1.78. The van der Waals surface area contributed by atoms with Crippen LogP contribution in [-0.4, -0.2) is 12.2 Å². The zero-order valence-corrected chi connectivity index (χ0v) is 7.68. The van der Waals surface area contributed by atoms with Gasteiger partial charge in [-0.15, -0.1) is 0 Å². The SMILES string of the molecule is CCC(C)(C)OCCCC#N. The summed E-state index contributed by atoms with van der Waals surface area (Å²) in [6.07, 6.45) is 2.46. The van der Waals surface area contributed by atoms with Crippen LogP contribution >= 0.6 is 0 Å². The summed E-state index contributed by atoms with van der Waals surface area (Å²) in [4.78, 5) is 0. The second kappa shape index (κ2) is 5.15. The van der Waals surface area contributed by atoms with E-state index in [1.807, 2.05) is 0 Å². The highest BCUT2D eigenvalue weighted by Crippen LogP contribution is 2.13. The number of rotatable bonds is 5. The smallest absolute Gasteiger partial charge is 0.0623 e. The predicted molar refractivity (Wildman–Crippen MR) is 45.2 cm³/mol. The number of ether oxygens (including phenoxy) is 1. The Balaban J connectivity index is 3.32. The van der Waals surface area contributed by atoms with Crippen molar-refractivity contribution in [3.63, 3.8) is 0 Å². The Bertz CT molecular complexity index is 135. The number of nitriles is 1. The van der Waals surface area contributed by atoms with Gasteiger partial charge in [0.05, 0.1) is 11.7 Å². The minimum atomic E-state index is -0.0184. The average molecular weight is 155 g/mol. The van der Waals surface area contributed by atoms with Gasteiger partial charge in [-0.3, -0.25) is 0 Å². The van der Waals surface area contributed by atoms with Gasteiger partial charge >= 0.3 is 0 Å². The number of hydrogen-bond acceptors (Lipinski definition) is 2. The van der Waals surface area contributed by atoms with Crippen molar-refractivity contribution >= 4 is 0 Å². The lowest BCUT2D eigenvalue weighted by molar-refractivity contribution is -0.0205. The van der Waals surface area contributed by atoms with E-state index in [4.69, 9.17) is 10.00 Å². The maximum atomic E-state index is 8.25. The van der Waals surface area contributed by atoms with Gasteiger partial charge in [0.25, 0.3) is 0 Å². The van der Waals surface area contributed by atoms with Crippen molar-refractivity contribution in [2.75, 3.05) is 6.61 Å². The molecule has 0 aliphatic carbocycles. The van der Waals surface area contributed by atoms with E-state index in [0.717, 1.165) is 12.8 Å². The summed E-state index contributed by atoms with van der Waals surface area (Å²) in [5, 5.41) is 8.25. The molecule has 0 fully saturated rings. The van der Waals surface area contributed by atoms with Crippen LogP contribution in [0.5, 0.6) is 0 Å². The number of hydrogen-bond donors (Lipinski definition) is 0. The lowest BCUT2D eigenvalue weighted by atomic mass is 10.1. The van der Waals surface area contributed by atoms with Crippen LogP contribution in [0.3, 0.4) is 0 Å². The van der Waals surface area contributed by atoms with Gasteiger partial charge in [-0.25, -0.2) is 0 Å². The molecule has 64 valence electrons. The molecule has 0 radical (unpaired) electrons. The van der Waals surface area contributed by atoms with Crippen molar-refractivity contribution in [1.82, 2.24) is 0 Å². The molecular weight excluding hydrogens is 138 g/mol. The highest BCUT2D eigenvalue weighted by molar-refractivity contribution is 4.69. The average Bonchev–Trinajstić information content (AvgIpc) is 1.99. The summed E-state index contributed by atoms with van der Waals surface area (Å²) in [5.41, 5.74) is -0.0184. The van der Waals surface area contributed by atoms with E-state index >= 15 is 0 Å². The van der Waals surface area contributed by atoms with Crippen LogP contribution in [0.15, 0.2) is 0 Å². The van der Waals surface area contributed by atoms with Crippen molar-refractivity contribution in [3.05, 3.63) is 0 Å². The van der Waals surface area contributed by atoms with E-state index in [9.17, 15) is 0 Å². The first kappa shape index (κ1) is 10.4. The third kappa shape index (κ3) is 5.87. The fourth-order valence-corrected chi connectivity index (χ4v) is 0.602. The second-order valence-electron chi connectivity index (χ2n) is 3.22. The van der Waals surface area contributed by atoms with Gasteiger partial charge < -0.3 is 4.74 Å². The molecule has 0 aromatic rings. The molecule has 0 heterocycles. The van der Waals surface area contributed by atoms with Crippen LogP contribution in [0.4, 0.5) is 0 Å². The molecular formula is C9H17NO. The highest BCUT2D eigenvalue weighted by Gasteiger charge is 2.13. The zero-order chi connectivity index (χ0) is 8.74. The van der Waals surface area contributed by atoms with Crippen LogP contribution in [0.25, 0.3) is 0 Å². The number of unbranched alkanes of at least 4 members (excludes halogenated alkanes) is 1. The minimum absolute atomic E-state index is 0.0184. The van der Waals surface area contributed by atoms with Crippen molar-refractivity contribution in [3.8, 4) is 6.07 Å². The Labute approximate surface area is 69.2 Å². The largest absolute Gasteiger partial charge is 0.376 e. The second-order valence-corrected chi connectivity index (χ2v) is 3.22. The fraction of sp³-hybridized carbons (Fsp3) is 0.889. The summed E-state index contributed by atoms with van der Waals surface area (Å²) in [7, 11) is 0. The first-order chi connectivity index (χ1) is 5.12. The standard InChI is InChI=1S/C9H17NO/c1-4-9(2,3)11-8-6-5-7-10/h4-6,8H2,1-3H3. The first-order valence-electron chi connectivity index (χ1n) is 4.13. The monoisotopic (exact) mass is 155 g/mol. The normalized spacial score (nSPS) is 11.1. The third-order valence-corrected chi connectivity index (χ3v) is 1.78. The molecule has 0 N–H and O–H groups in total. The predicted octanol–water partition coefficient (Wildman–Crippen LogP) is 2.50. The fourth-order valence-electron chi connectivity index (χ4n) is 0.602. The maximum absolute atomic E-state index is 8.25. The van der Waals surface area contributed by atoms with Crippen LogP contribution in [0.2, 0.25) is 0 Å². The molecule has 0 saturated heterocycles. The van der Waals surface area contributed by atoms with Crippen LogP contribution in [0, 0.1) is 11.3 Å². The minimum Gasteiger partial charge on any atom is -0.376 e. The van der Waals surface area contributed by atoms with Gasteiger partial charge in [0.15, 0.2) is 0 Å². The topological polar surface area (TPSA) is 33.0 Å². The van der Waals surface area contributed by atoms with Gasteiger partial charge in [0, 0.05) is 13.0 Å². The van der Waals surface area contributed by atoms with Crippen molar-refractivity contribution < 1.29 is 4.74 Å². The Morgan fingerprint density at radius 2 is 2.09 bits per heavy atom. The van der Waals surface area contributed by atoms with Gasteiger partial charge in [0.1, 0.15) is 0 Å². The van der Waals surface area contributed by atoms with Crippen molar-refractivity contribution in [2.24, 2.45) is 0 Å². The summed E-state index contributed by atoms with van der Waals surface area (Å²) >= 11 is 0. The van der Waals surface area contributed by atoms with Gasteiger partial charge in [0.2, 0.25) is 0 Å². The van der Waals surface area contributed by atoms with E-state index in [1.54, 1.807) is 0 Å². The zero-order valence-electron chi connectivity index (χ0n) is 7.68. The Morgan fingerprint density at radius 3 is 2.55 bits per heavy atom. The lowest BCUT2D eigenvalue weighted by Crippen LogP contribution is -2.23. The molecule has 0 bridgehead atoms. The van der Waals surface area contributed by atoms with Gasteiger partial charge in [-0.2, -0.15) is 5.26 Å². The summed E-state index contributed by atoms with van der Waals surface area (Å²) < 4.78 is 5.53. The molecule has 0 spiro atoms. The molecule has 2 nitrogen and oxygen atoms in total. The lowest BCUT2D eigenvalue weighted by Gasteiger charge is -2.22. The van der Waals surface area contributed by atoms with E-state index < -0.39 is 0 Å². The molecule has 0 unspecified atom stereocenters. The summed E-state index contributed by atoms with van der Waals surface area (Å²) in [6, 6.07) is 2.09. The van der Waals surface area contributed by atoms with Crippen LogP contribution in [-0.2, 0) is 4.74 Å². The molecule has 11 heavy (non-hydrogen) atoms. The van der Waals surface area contributed by atoms with Crippen molar-refractivity contribution in [1.29, 1.82) is 5.26 Å². The van der Waals surface area contributed by atoms with Crippen molar-refractivity contribution in [2.45, 2.75) is 45.6 Å². The van der Waals surface area contributed by atoms with E-state index in [1.165, 1.54) is 0 Å². The summed E-state index contributed by atoms with van der Waals surface area (Å²) in [5.74, 6) is 0. The molecule has 0 aromatic heterocycles. The Morgan fingerprint density at radius 1 is 1.45 bits per heavy atom.